The van der Waals surface area contributed by atoms with Crippen LogP contribution in [0.5, 0.6) is 5.75 Å². The Morgan fingerprint density at radius 3 is 3.06 bits per heavy atom. The van der Waals surface area contributed by atoms with E-state index < -0.39 is 0 Å². The van der Waals surface area contributed by atoms with Crippen molar-refractivity contribution in [1.29, 1.82) is 0 Å². The van der Waals surface area contributed by atoms with Crippen molar-refractivity contribution in [3.05, 3.63) is 35.4 Å². The largest absolute Gasteiger partial charge is 0.496 e. The van der Waals surface area contributed by atoms with Gasteiger partial charge in [0.1, 0.15) is 5.75 Å². The van der Waals surface area contributed by atoms with Crippen LogP contribution >= 0.6 is 0 Å². The highest BCUT2D eigenvalue weighted by molar-refractivity contribution is 5.59. The molecule has 1 aliphatic heterocycles. The average Bonchev–Trinajstić information content (AvgIpc) is 2.40. The summed E-state index contributed by atoms with van der Waals surface area (Å²) >= 11 is 0. The standard InChI is InChI=1S/C15H21NO2/c1-12(10-14-11-18-8-7-16-14)9-13-5-3-4-6-15(13)17-2/h3-6,9,14,16H,7-8,10-11H2,1-2H3/b12-9-. The van der Waals surface area contributed by atoms with Crippen LogP contribution in [-0.2, 0) is 4.74 Å². The Kier molecular flexibility index (Phi) is 4.79. The molecule has 0 saturated carbocycles. The van der Waals surface area contributed by atoms with Crippen LogP contribution in [0.1, 0.15) is 18.9 Å². The Morgan fingerprint density at radius 1 is 1.50 bits per heavy atom. The predicted molar refractivity (Wildman–Crippen MR) is 73.9 cm³/mol. The molecule has 0 amide bonds. The Hall–Kier alpha value is -1.32. The van der Waals surface area contributed by atoms with E-state index in [0.29, 0.717) is 6.04 Å². The topological polar surface area (TPSA) is 30.5 Å². The van der Waals surface area contributed by atoms with E-state index in [1.807, 2.05) is 18.2 Å². The van der Waals surface area contributed by atoms with E-state index in [9.17, 15) is 0 Å². The highest BCUT2D eigenvalue weighted by atomic mass is 16.5. The van der Waals surface area contributed by atoms with Crippen LogP contribution < -0.4 is 10.1 Å². The zero-order chi connectivity index (χ0) is 12.8. The van der Waals surface area contributed by atoms with Gasteiger partial charge in [-0.3, -0.25) is 0 Å². The zero-order valence-corrected chi connectivity index (χ0v) is 11.1. The van der Waals surface area contributed by atoms with Gasteiger partial charge < -0.3 is 14.8 Å². The summed E-state index contributed by atoms with van der Waals surface area (Å²) in [7, 11) is 1.71. The monoisotopic (exact) mass is 247 g/mol. The van der Waals surface area contributed by atoms with Crippen LogP contribution in [0.25, 0.3) is 6.08 Å². The molecule has 3 heteroatoms. The van der Waals surface area contributed by atoms with Gasteiger partial charge in [-0.05, 0) is 19.4 Å². The van der Waals surface area contributed by atoms with Crippen molar-refractivity contribution in [2.45, 2.75) is 19.4 Å². The minimum atomic E-state index is 0.435. The van der Waals surface area contributed by atoms with Crippen molar-refractivity contribution in [3.63, 3.8) is 0 Å². The second kappa shape index (κ2) is 6.57. The molecule has 1 aliphatic rings. The minimum absolute atomic E-state index is 0.435. The van der Waals surface area contributed by atoms with Gasteiger partial charge in [-0.25, -0.2) is 0 Å². The zero-order valence-electron chi connectivity index (χ0n) is 11.1. The molecule has 0 aliphatic carbocycles. The molecule has 1 aromatic rings. The number of morpholine rings is 1. The average molecular weight is 247 g/mol. The fourth-order valence-corrected chi connectivity index (χ4v) is 2.25. The molecule has 0 aromatic heterocycles. The highest BCUT2D eigenvalue weighted by Crippen LogP contribution is 2.21. The Labute approximate surface area is 109 Å². The lowest BCUT2D eigenvalue weighted by Gasteiger charge is -2.24. The van der Waals surface area contributed by atoms with E-state index in [1.165, 1.54) is 5.57 Å². The lowest BCUT2D eigenvalue weighted by molar-refractivity contribution is 0.0771. The van der Waals surface area contributed by atoms with E-state index in [0.717, 1.165) is 37.5 Å². The molecular weight excluding hydrogens is 226 g/mol. The number of nitrogens with one attached hydrogen (secondary N) is 1. The van der Waals surface area contributed by atoms with Gasteiger partial charge in [-0.1, -0.05) is 29.8 Å². The summed E-state index contributed by atoms with van der Waals surface area (Å²) in [6, 6.07) is 8.52. The van der Waals surface area contributed by atoms with Crippen LogP contribution in [-0.4, -0.2) is 32.9 Å². The second-order valence-electron chi connectivity index (χ2n) is 4.66. The van der Waals surface area contributed by atoms with Crippen molar-refractivity contribution >= 4 is 6.08 Å². The Morgan fingerprint density at radius 2 is 2.33 bits per heavy atom. The van der Waals surface area contributed by atoms with Gasteiger partial charge in [0, 0.05) is 18.2 Å². The molecule has 0 bridgehead atoms. The van der Waals surface area contributed by atoms with Gasteiger partial charge in [-0.2, -0.15) is 0 Å². The number of rotatable bonds is 4. The third-order valence-corrected chi connectivity index (χ3v) is 3.11. The number of ether oxygens (including phenoxy) is 2. The fraction of sp³-hybridized carbons (Fsp3) is 0.467. The summed E-state index contributed by atoms with van der Waals surface area (Å²) in [5, 5.41) is 3.47. The fourth-order valence-electron chi connectivity index (χ4n) is 2.25. The first kappa shape index (κ1) is 13.1. The molecule has 1 saturated heterocycles. The molecular formula is C15H21NO2. The van der Waals surface area contributed by atoms with Crippen LogP contribution in [0.2, 0.25) is 0 Å². The molecule has 1 aromatic carbocycles. The number of benzene rings is 1. The van der Waals surface area contributed by atoms with E-state index in [2.05, 4.69) is 24.4 Å². The number of para-hydroxylation sites is 1. The van der Waals surface area contributed by atoms with Crippen molar-refractivity contribution in [1.82, 2.24) is 5.32 Å². The highest BCUT2D eigenvalue weighted by Gasteiger charge is 2.13. The van der Waals surface area contributed by atoms with Crippen molar-refractivity contribution in [3.8, 4) is 5.75 Å². The first-order valence-electron chi connectivity index (χ1n) is 6.41. The molecule has 0 radical (unpaired) electrons. The third-order valence-electron chi connectivity index (χ3n) is 3.11. The van der Waals surface area contributed by atoms with Gasteiger partial charge in [0.05, 0.1) is 20.3 Å². The van der Waals surface area contributed by atoms with Gasteiger partial charge in [0.2, 0.25) is 0 Å². The lowest BCUT2D eigenvalue weighted by Crippen LogP contribution is -2.41. The van der Waals surface area contributed by atoms with Crippen LogP contribution in [0.15, 0.2) is 29.8 Å². The van der Waals surface area contributed by atoms with Crippen molar-refractivity contribution in [2.24, 2.45) is 0 Å². The number of hydrogen-bond donors (Lipinski definition) is 1. The number of methoxy groups -OCH3 is 1. The molecule has 98 valence electrons. The molecule has 1 N–H and O–H groups in total. The smallest absolute Gasteiger partial charge is 0.126 e. The summed E-state index contributed by atoms with van der Waals surface area (Å²) in [5.41, 5.74) is 2.47. The summed E-state index contributed by atoms with van der Waals surface area (Å²) in [4.78, 5) is 0. The van der Waals surface area contributed by atoms with Crippen LogP contribution in [0.3, 0.4) is 0 Å². The summed E-state index contributed by atoms with van der Waals surface area (Å²) < 4.78 is 10.8. The second-order valence-corrected chi connectivity index (χ2v) is 4.66. The normalized spacial score (nSPS) is 20.8. The van der Waals surface area contributed by atoms with E-state index in [1.54, 1.807) is 7.11 Å². The van der Waals surface area contributed by atoms with Crippen molar-refractivity contribution < 1.29 is 9.47 Å². The maximum atomic E-state index is 5.46. The summed E-state index contributed by atoms with van der Waals surface area (Å²) in [5.74, 6) is 0.921. The van der Waals surface area contributed by atoms with Gasteiger partial charge >= 0.3 is 0 Å². The lowest BCUT2D eigenvalue weighted by atomic mass is 10.0. The Balaban J connectivity index is 2.02. The summed E-state index contributed by atoms with van der Waals surface area (Å²) in [6.45, 7) is 4.73. The molecule has 1 atom stereocenters. The molecule has 0 spiro atoms. The summed E-state index contributed by atoms with van der Waals surface area (Å²) in [6.07, 6.45) is 3.20. The van der Waals surface area contributed by atoms with Crippen molar-refractivity contribution in [2.75, 3.05) is 26.9 Å². The third kappa shape index (κ3) is 3.59. The van der Waals surface area contributed by atoms with Gasteiger partial charge in [0.25, 0.3) is 0 Å². The first-order valence-corrected chi connectivity index (χ1v) is 6.41. The van der Waals surface area contributed by atoms with E-state index in [-0.39, 0.29) is 0 Å². The molecule has 1 fully saturated rings. The van der Waals surface area contributed by atoms with E-state index in [4.69, 9.17) is 9.47 Å². The van der Waals surface area contributed by atoms with Crippen LogP contribution in [0.4, 0.5) is 0 Å². The van der Waals surface area contributed by atoms with Crippen LogP contribution in [0, 0.1) is 0 Å². The molecule has 2 rings (SSSR count). The molecule has 1 heterocycles. The van der Waals surface area contributed by atoms with Gasteiger partial charge in [-0.15, -0.1) is 0 Å². The quantitative estimate of drug-likeness (QED) is 0.886. The van der Waals surface area contributed by atoms with Gasteiger partial charge in [0.15, 0.2) is 0 Å². The maximum Gasteiger partial charge on any atom is 0.126 e. The van der Waals surface area contributed by atoms with E-state index >= 15 is 0 Å². The number of hydrogen-bond acceptors (Lipinski definition) is 3. The SMILES string of the molecule is COc1ccccc1/C=C(/C)CC1COCCN1. The Bertz CT molecular complexity index is 409. The minimum Gasteiger partial charge on any atom is -0.496 e. The molecule has 3 nitrogen and oxygen atoms in total. The predicted octanol–water partition coefficient (Wildman–Crippen LogP) is 2.48. The maximum absolute atomic E-state index is 5.46. The molecule has 18 heavy (non-hydrogen) atoms. The first-order chi connectivity index (χ1) is 8.79. The molecule has 1 unspecified atom stereocenters.